The predicted octanol–water partition coefficient (Wildman–Crippen LogP) is 2.77. The predicted molar refractivity (Wildman–Crippen MR) is 56.6 cm³/mol. The molecule has 0 saturated heterocycles. The summed E-state index contributed by atoms with van der Waals surface area (Å²) in [5, 5.41) is 0. The van der Waals surface area contributed by atoms with Gasteiger partial charge >= 0.3 is 5.97 Å². The van der Waals surface area contributed by atoms with Gasteiger partial charge in [0.2, 0.25) is 0 Å². The Morgan fingerprint density at radius 2 is 2.20 bits per heavy atom. The Kier molecular flexibility index (Phi) is 4.08. The first-order valence-electron chi connectivity index (χ1n) is 4.31. The summed E-state index contributed by atoms with van der Waals surface area (Å²) in [7, 11) is 1.36. The molecule has 0 amide bonds. The van der Waals surface area contributed by atoms with Crippen molar-refractivity contribution in [3.8, 4) is 5.75 Å². The molecule has 5 heteroatoms. The van der Waals surface area contributed by atoms with Crippen LogP contribution in [0.15, 0.2) is 16.6 Å². The topological polar surface area (TPSA) is 35.5 Å². The van der Waals surface area contributed by atoms with Crippen LogP contribution in [0, 0.1) is 5.82 Å². The summed E-state index contributed by atoms with van der Waals surface area (Å²) >= 11 is 3.00. The minimum absolute atomic E-state index is 0.121. The van der Waals surface area contributed by atoms with Crippen LogP contribution in [0.1, 0.15) is 17.3 Å². The van der Waals surface area contributed by atoms with Gasteiger partial charge in [-0.2, -0.15) is 0 Å². The number of benzene rings is 1. The van der Waals surface area contributed by atoms with Crippen molar-refractivity contribution in [2.75, 3.05) is 13.7 Å². The molecule has 82 valence electrons. The van der Waals surface area contributed by atoms with E-state index in [1.807, 2.05) is 0 Å². The summed E-state index contributed by atoms with van der Waals surface area (Å²) in [4.78, 5) is 11.4. The van der Waals surface area contributed by atoms with E-state index in [1.165, 1.54) is 19.2 Å². The molecule has 15 heavy (non-hydrogen) atoms. The third-order valence-corrected chi connectivity index (χ3v) is 2.49. The molecule has 0 N–H and O–H groups in total. The van der Waals surface area contributed by atoms with E-state index < -0.39 is 11.8 Å². The van der Waals surface area contributed by atoms with Crippen LogP contribution >= 0.6 is 15.9 Å². The normalized spacial score (nSPS) is 9.87. The molecule has 0 aromatic heterocycles. The zero-order valence-corrected chi connectivity index (χ0v) is 9.93. The van der Waals surface area contributed by atoms with Crippen LogP contribution in [0.5, 0.6) is 5.75 Å². The molecule has 0 aliphatic carbocycles. The Balaban J connectivity index is 3.18. The average Bonchev–Trinajstić information content (AvgIpc) is 2.22. The zero-order chi connectivity index (χ0) is 11.4. The molecule has 1 rings (SSSR count). The highest BCUT2D eigenvalue weighted by Gasteiger charge is 2.18. The molecule has 0 radical (unpaired) electrons. The first-order valence-corrected chi connectivity index (χ1v) is 5.10. The number of methoxy groups -OCH3 is 1. The lowest BCUT2D eigenvalue weighted by Crippen LogP contribution is -2.07. The maximum atomic E-state index is 13.1. The van der Waals surface area contributed by atoms with Crippen LogP contribution in [0.3, 0.4) is 0 Å². The van der Waals surface area contributed by atoms with Crippen LogP contribution in [0.25, 0.3) is 0 Å². The van der Waals surface area contributed by atoms with Crippen molar-refractivity contribution in [2.45, 2.75) is 6.92 Å². The lowest BCUT2D eigenvalue weighted by atomic mass is 10.2. The fourth-order valence-corrected chi connectivity index (χ4v) is 1.61. The smallest absolute Gasteiger partial charge is 0.341 e. The number of carbonyl (C=O) groups excluding carboxylic acids is 1. The molecule has 1 aromatic carbocycles. The van der Waals surface area contributed by atoms with Gasteiger partial charge in [-0.05, 0) is 35.0 Å². The molecular weight excluding hydrogens is 267 g/mol. The number of hydrogen-bond acceptors (Lipinski definition) is 3. The van der Waals surface area contributed by atoms with Crippen LogP contribution in [-0.2, 0) is 4.74 Å². The van der Waals surface area contributed by atoms with Crippen molar-refractivity contribution >= 4 is 21.9 Å². The van der Waals surface area contributed by atoms with E-state index in [9.17, 15) is 9.18 Å². The van der Waals surface area contributed by atoms with Gasteiger partial charge in [0.15, 0.2) is 5.75 Å². The summed E-state index contributed by atoms with van der Waals surface area (Å²) in [5.41, 5.74) is 0.202. The number of ether oxygens (including phenoxy) is 2. The zero-order valence-electron chi connectivity index (χ0n) is 8.34. The van der Waals surface area contributed by atoms with Crippen molar-refractivity contribution in [1.82, 2.24) is 0 Å². The van der Waals surface area contributed by atoms with Gasteiger partial charge < -0.3 is 9.47 Å². The standard InChI is InChI=1S/C10H10BrFO3/c1-3-15-10(13)6-4-5-7(12)8(11)9(6)14-2/h4-5H,3H2,1-2H3. The molecule has 0 atom stereocenters. The minimum atomic E-state index is -0.532. The number of halogens is 2. The van der Waals surface area contributed by atoms with Crippen LogP contribution < -0.4 is 4.74 Å². The molecule has 1 aromatic rings. The molecular formula is C10H10BrFO3. The fraction of sp³-hybridized carbons (Fsp3) is 0.300. The fourth-order valence-electron chi connectivity index (χ4n) is 1.10. The van der Waals surface area contributed by atoms with Crippen molar-refractivity contribution < 1.29 is 18.7 Å². The molecule has 3 nitrogen and oxygen atoms in total. The average molecular weight is 277 g/mol. The molecule has 0 aliphatic heterocycles. The highest BCUT2D eigenvalue weighted by atomic mass is 79.9. The van der Waals surface area contributed by atoms with Crippen LogP contribution in [0.2, 0.25) is 0 Å². The Labute approximate surface area is 95.3 Å². The first-order chi connectivity index (χ1) is 7.11. The van der Waals surface area contributed by atoms with Gasteiger partial charge in [0.25, 0.3) is 0 Å². The lowest BCUT2D eigenvalue weighted by molar-refractivity contribution is 0.0522. The number of hydrogen-bond donors (Lipinski definition) is 0. The Bertz CT molecular complexity index is 379. The summed E-state index contributed by atoms with van der Waals surface area (Å²) in [6, 6.07) is 2.51. The molecule has 0 saturated carbocycles. The monoisotopic (exact) mass is 276 g/mol. The van der Waals surface area contributed by atoms with Crippen molar-refractivity contribution in [3.05, 3.63) is 28.0 Å². The maximum absolute atomic E-state index is 13.1. The lowest BCUT2D eigenvalue weighted by Gasteiger charge is -2.09. The van der Waals surface area contributed by atoms with Gasteiger partial charge in [-0.3, -0.25) is 0 Å². The Hall–Kier alpha value is -1.10. The van der Waals surface area contributed by atoms with E-state index in [1.54, 1.807) is 6.92 Å². The van der Waals surface area contributed by atoms with E-state index in [-0.39, 0.29) is 22.4 Å². The highest BCUT2D eigenvalue weighted by molar-refractivity contribution is 9.10. The molecule has 0 spiro atoms. The quantitative estimate of drug-likeness (QED) is 0.797. The summed E-state index contributed by atoms with van der Waals surface area (Å²) < 4.78 is 23.0. The van der Waals surface area contributed by atoms with E-state index in [2.05, 4.69) is 15.9 Å². The van der Waals surface area contributed by atoms with Gasteiger partial charge in [0, 0.05) is 0 Å². The molecule has 0 unspecified atom stereocenters. The van der Waals surface area contributed by atoms with E-state index >= 15 is 0 Å². The maximum Gasteiger partial charge on any atom is 0.341 e. The van der Waals surface area contributed by atoms with Gasteiger partial charge in [-0.15, -0.1) is 0 Å². The number of carbonyl (C=O) groups is 1. The third kappa shape index (κ3) is 2.47. The van der Waals surface area contributed by atoms with Crippen LogP contribution in [0.4, 0.5) is 4.39 Å². The van der Waals surface area contributed by atoms with Crippen molar-refractivity contribution in [1.29, 1.82) is 0 Å². The second-order valence-corrected chi connectivity index (χ2v) is 3.46. The van der Waals surface area contributed by atoms with E-state index in [0.717, 1.165) is 0 Å². The summed E-state index contributed by atoms with van der Waals surface area (Å²) in [6.45, 7) is 1.96. The molecule has 0 fully saturated rings. The Morgan fingerprint density at radius 1 is 1.53 bits per heavy atom. The summed E-state index contributed by atoms with van der Waals surface area (Å²) in [6.07, 6.45) is 0. The van der Waals surface area contributed by atoms with Crippen molar-refractivity contribution in [3.63, 3.8) is 0 Å². The van der Waals surface area contributed by atoms with Crippen molar-refractivity contribution in [2.24, 2.45) is 0 Å². The van der Waals surface area contributed by atoms with Crippen LogP contribution in [-0.4, -0.2) is 19.7 Å². The van der Waals surface area contributed by atoms with Gasteiger partial charge in [0.05, 0.1) is 18.2 Å². The number of esters is 1. The van der Waals surface area contributed by atoms with Gasteiger partial charge in [0.1, 0.15) is 11.4 Å². The third-order valence-electron chi connectivity index (χ3n) is 1.75. The Morgan fingerprint density at radius 3 is 2.73 bits per heavy atom. The molecule has 0 aliphatic rings. The summed E-state index contributed by atoms with van der Waals surface area (Å²) in [5.74, 6) is -0.872. The largest absolute Gasteiger partial charge is 0.495 e. The SMILES string of the molecule is CCOC(=O)c1ccc(F)c(Br)c1OC. The second-order valence-electron chi connectivity index (χ2n) is 2.66. The van der Waals surface area contributed by atoms with Gasteiger partial charge in [-0.1, -0.05) is 0 Å². The molecule has 0 bridgehead atoms. The van der Waals surface area contributed by atoms with E-state index in [0.29, 0.717) is 0 Å². The highest BCUT2D eigenvalue weighted by Crippen LogP contribution is 2.31. The van der Waals surface area contributed by atoms with E-state index in [4.69, 9.17) is 9.47 Å². The molecule has 0 heterocycles. The van der Waals surface area contributed by atoms with Gasteiger partial charge in [-0.25, -0.2) is 9.18 Å². The second kappa shape index (κ2) is 5.11. The first kappa shape index (κ1) is 12.0. The minimum Gasteiger partial charge on any atom is -0.495 e. The number of rotatable bonds is 3.